The molecular weight excluding hydrogens is 264 g/mol. The van der Waals surface area contributed by atoms with Gasteiger partial charge in [-0.1, -0.05) is 18.2 Å². The normalized spacial score (nSPS) is 26.5. The van der Waals surface area contributed by atoms with E-state index in [2.05, 4.69) is 47.4 Å². The Kier molecular flexibility index (Phi) is 2.92. The molecule has 1 aromatic carbocycles. The van der Waals surface area contributed by atoms with Crippen LogP contribution < -0.4 is 0 Å². The first-order chi connectivity index (χ1) is 10.2. The highest BCUT2D eigenvalue weighted by Gasteiger charge is 2.35. The number of benzene rings is 1. The van der Waals surface area contributed by atoms with Crippen molar-refractivity contribution in [3.05, 3.63) is 41.6 Å². The number of methoxy groups -OCH3 is 1. The minimum absolute atomic E-state index is 0.0157. The number of aromatic nitrogens is 1. The van der Waals surface area contributed by atoms with Gasteiger partial charge in [-0.15, -0.1) is 0 Å². The fourth-order valence-electron chi connectivity index (χ4n) is 3.84. The Morgan fingerprint density at radius 3 is 3.10 bits per heavy atom. The fourth-order valence-corrected chi connectivity index (χ4v) is 3.84. The Balaban J connectivity index is 1.89. The quantitative estimate of drug-likeness (QED) is 0.829. The molecule has 0 saturated heterocycles. The number of aliphatic hydroxyl groups is 1. The van der Waals surface area contributed by atoms with Gasteiger partial charge in [0.1, 0.15) is 0 Å². The van der Waals surface area contributed by atoms with Crippen LogP contribution in [-0.2, 0) is 11.2 Å². The predicted molar refractivity (Wildman–Crippen MR) is 82.9 cm³/mol. The third-order valence-corrected chi connectivity index (χ3v) is 4.90. The number of hydrogen-bond donors (Lipinski definition) is 2. The predicted octanol–water partition coefficient (Wildman–Crippen LogP) is 2.00. The summed E-state index contributed by atoms with van der Waals surface area (Å²) in [4.78, 5) is 5.70. The van der Waals surface area contributed by atoms with Gasteiger partial charge in [0.15, 0.2) is 6.29 Å². The number of fused-ring (bicyclic) bond motifs is 2. The molecule has 3 atom stereocenters. The van der Waals surface area contributed by atoms with Crippen LogP contribution in [0.1, 0.15) is 11.1 Å². The molecule has 1 aliphatic heterocycles. The molecule has 2 heterocycles. The summed E-state index contributed by atoms with van der Waals surface area (Å²) in [5.74, 6) is 0.0157. The SMILES string of the molecule is COC(O)[C@@H]1C=C2c3cccc4[nH]cc(c34)C[C@H]2N(C)C1. The van der Waals surface area contributed by atoms with E-state index in [0.29, 0.717) is 6.04 Å². The minimum atomic E-state index is -0.743. The summed E-state index contributed by atoms with van der Waals surface area (Å²) in [6.45, 7) is 0.818. The van der Waals surface area contributed by atoms with Crippen LogP contribution in [0.3, 0.4) is 0 Å². The van der Waals surface area contributed by atoms with Crippen molar-refractivity contribution >= 4 is 16.5 Å². The zero-order chi connectivity index (χ0) is 14.6. The number of nitrogens with zero attached hydrogens (tertiary/aromatic N) is 1. The molecule has 0 radical (unpaired) electrons. The number of nitrogens with one attached hydrogen (secondary N) is 1. The molecule has 4 nitrogen and oxygen atoms in total. The summed E-state index contributed by atoms with van der Waals surface area (Å²) < 4.78 is 5.12. The zero-order valence-electron chi connectivity index (χ0n) is 12.3. The molecule has 0 amide bonds. The van der Waals surface area contributed by atoms with Crippen LogP contribution in [0.4, 0.5) is 0 Å². The number of hydrogen-bond acceptors (Lipinski definition) is 3. The van der Waals surface area contributed by atoms with Gasteiger partial charge < -0.3 is 14.8 Å². The highest BCUT2D eigenvalue weighted by atomic mass is 16.6. The largest absolute Gasteiger partial charge is 0.367 e. The van der Waals surface area contributed by atoms with E-state index in [4.69, 9.17) is 4.74 Å². The summed E-state index contributed by atoms with van der Waals surface area (Å²) in [7, 11) is 3.69. The van der Waals surface area contributed by atoms with Gasteiger partial charge >= 0.3 is 0 Å². The van der Waals surface area contributed by atoms with Gasteiger partial charge in [0.25, 0.3) is 0 Å². The lowest BCUT2D eigenvalue weighted by Gasteiger charge is -2.40. The number of rotatable bonds is 2. The lowest BCUT2D eigenvalue weighted by molar-refractivity contribution is -0.107. The van der Waals surface area contributed by atoms with Crippen LogP contribution in [0, 0.1) is 5.92 Å². The Bertz CT molecular complexity index is 719. The maximum Gasteiger partial charge on any atom is 0.161 e. The van der Waals surface area contributed by atoms with Crippen molar-refractivity contribution in [2.75, 3.05) is 20.7 Å². The van der Waals surface area contributed by atoms with E-state index >= 15 is 0 Å². The third kappa shape index (κ3) is 1.87. The van der Waals surface area contributed by atoms with Gasteiger partial charge in [0.2, 0.25) is 0 Å². The minimum Gasteiger partial charge on any atom is -0.367 e. The Morgan fingerprint density at radius 1 is 1.43 bits per heavy atom. The second-order valence-electron chi connectivity index (χ2n) is 6.11. The summed E-state index contributed by atoms with van der Waals surface area (Å²) in [6.07, 6.45) is 4.63. The monoisotopic (exact) mass is 284 g/mol. The van der Waals surface area contributed by atoms with Gasteiger partial charge in [-0.05, 0) is 36.2 Å². The third-order valence-electron chi connectivity index (χ3n) is 4.90. The second-order valence-corrected chi connectivity index (χ2v) is 6.11. The van der Waals surface area contributed by atoms with Crippen molar-refractivity contribution in [3.8, 4) is 0 Å². The van der Waals surface area contributed by atoms with Crippen molar-refractivity contribution in [3.63, 3.8) is 0 Å². The number of likely N-dealkylation sites (N-methyl/N-ethyl adjacent to an activating group) is 1. The van der Waals surface area contributed by atoms with Crippen LogP contribution in [0.15, 0.2) is 30.5 Å². The van der Waals surface area contributed by atoms with Crippen molar-refractivity contribution in [1.82, 2.24) is 9.88 Å². The van der Waals surface area contributed by atoms with Crippen LogP contribution in [0.5, 0.6) is 0 Å². The van der Waals surface area contributed by atoms with E-state index in [-0.39, 0.29) is 5.92 Å². The van der Waals surface area contributed by atoms with E-state index in [1.165, 1.54) is 27.6 Å². The summed E-state index contributed by atoms with van der Waals surface area (Å²) >= 11 is 0. The molecular formula is C17H20N2O2. The van der Waals surface area contributed by atoms with E-state index in [1.807, 2.05) is 0 Å². The summed E-state index contributed by atoms with van der Waals surface area (Å²) in [5, 5.41) is 11.4. The first kappa shape index (κ1) is 13.1. The number of aromatic amines is 1. The molecule has 0 spiro atoms. The molecule has 2 aromatic rings. The standard InChI is InChI=1S/C17H20N2O2/c1-19-9-11(17(20)21-2)6-13-12-4-3-5-14-16(12)10(8-18-14)7-15(13)19/h3-6,8,11,15,17-18,20H,7,9H2,1-2H3/t11-,15-,17?/m1/s1. The first-order valence-electron chi connectivity index (χ1n) is 7.41. The number of H-pyrrole nitrogens is 1. The smallest absolute Gasteiger partial charge is 0.161 e. The van der Waals surface area contributed by atoms with Gasteiger partial charge in [-0.25, -0.2) is 0 Å². The maximum atomic E-state index is 10.0. The molecule has 1 aromatic heterocycles. The maximum absolute atomic E-state index is 10.0. The van der Waals surface area contributed by atoms with E-state index < -0.39 is 6.29 Å². The van der Waals surface area contributed by atoms with Gasteiger partial charge in [-0.3, -0.25) is 4.90 Å². The summed E-state index contributed by atoms with van der Waals surface area (Å²) in [6, 6.07) is 6.79. The van der Waals surface area contributed by atoms with Crippen LogP contribution in [0.2, 0.25) is 0 Å². The molecule has 2 N–H and O–H groups in total. The Hall–Kier alpha value is -1.62. The van der Waals surface area contributed by atoms with Crippen molar-refractivity contribution in [2.24, 2.45) is 5.92 Å². The van der Waals surface area contributed by atoms with Gasteiger partial charge in [-0.2, -0.15) is 0 Å². The molecule has 1 unspecified atom stereocenters. The molecule has 0 saturated carbocycles. The molecule has 21 heavy (non-hydrogen) atoms. The average molecular weight is 284 g/mol. The molecule has 110 valence electrons. The van der Waals surface area contributed by atoms with Crippen molar-refractivity contribution in [1.29, 1.82) is 0 Å². The molecule has 2 aliphatic rings. The molecule has 0 fully saturated rings. The van der Waals surface area contributed by atoms with Crippen molar-refractivity contribution < 1.29 is 9.84 Å². The molecule has 4 rings (SSSR count). The zero-order valence-corrected chi connectivity index (χ0v) is 12.3. The lowest BCUT2D eigenvalue weighted by Crippen LogP contribution is -2.45. The van der Waals surface area contributed by atoms with Gasteiger partial charge in [0, 0.05) is 42.7 Å². The van der Waals surface area contributed by atoms with Crippen LogP contribution >= 0.6 is 0 Å². The van der Waals surface area contributed by atoms with Crippen LogP contribution in [0.25, 0.3) is 16.5 Å². The Morgan fingerprint density at radius 2 is 2.29 bits per heavy atom. The average Bonchev–Trinajstić information content (AvgIpc) is 2.92. The molecule has 0 bridgehead atoms. The summed E-state index contributed by atoms with van der Waals surface area (Å²) in [5.41, 5.74) is 5.20. The van der Waals surface area contributed by atoms with Crippen LogP contribution in [-0.4, -0.2) is 48.0 Å². The topological polar surface area (TPSA) is 48.5 Å². The second kappa shape index (κ2) is 4.70. The van der Waals surface area contributed by atoms with E-state index in [1.54, 1.807) is 7.11 Å². The highest BCUT2D eigenvalue weighted by molar-refractivity contribution is 5.98. The molecule has 4 heteroatoms. The van der Waals surface area contributed by atoms with Crippen molar-refractivity contribution in [2.45, 2.75) is 18.8 Å². The Labute approximate surface area is 124 Å². The number of aliphatic hydroxyl groups excluding tert-OH is 1. The van der Waals surface area contributed by atoms with Gasteiger partial charge in [0.05, 0.1) is 0 Å². The highest BCUT2D eigenvalue weighted by Crippen LogP contribution is 2.41. The van der Waals surface area contributed by atoms with E-state index in [0.717, 1.165) is 13.0 Å². The lowest BCUT2D eigenvalue weighted by atomic mass is 9.80. The first-order valence-corrected chi connectivity index (χ1v) is 7.41. The molecule has 1 aliphatic carbocycles. The van der Waals surface area contributed by atoms with E-state index in [9.17, 15) is 5.11 Å². The fraction of sp³-hybridized carbons (Fsp3) is 0.412. The number of ether oxygens (including phenoxy) is 1.